The number of benzene rings is 2. The van der Waals surface area contributed by atoms with Gasteiger partial charge < -0.3 is 15.4 Å². The second kappa shape index (κ2) is 10.4. The van der Waals surface area contributed by atoms with Gasteiger partial charge in [-0.15, -0.1) is 0 Å². The van der Waals surface area contributed by atoms with E-state index in [0.717, 1.165) is 0 Å². The van der Waals surface area contributed by atoms with Crippen LogP contribution in [0.4, 0.5) is 15.8 Å². The van der Waals surface area contributed by atoms with E-state index in [-0.39, 0.29) is 11.3 Å². The largest absolute Gasteiger partial charge is 0.452 e. The van der Waals surface area contributed by atoms with Gasteiger partial charge in [0.15, 0.2) is 6.61 Å². The first-order valence-electron chi connectivity index (χ1n) is 8.41. The third kappa shape index (κ3) is 6.53. The number of allylic oxidation sites excluding steroid dienone is 3. The molecule has 144 valence electrons. The zero-order valence-corrected chi connectivity index (χ0v) is 15.1. The fourth-order valence-corrected chi connectivity index (χ4v) is 2.14. The van der Waals surface area contributed by atoms with Crippen LogP contribution in [0.5, 0.6) is 0 Å². The van der Waals surface area contributed by atoms with Crippen molar-refractivity contribution in [2.24, 2.45) is 0 Å². The number of para-hydroxylation sites is 1. The molecule has 0 bridgehead atoms. The number of carbonyl (C=O) groups is 3. The van der Waals surface area contributed by atoms with Gasteiger partial charge >= 0.3 is 5.97 Å². The summed E-state index contributed by atoms with van der Waals surface area (Å²) in [6.07, 6.45) is 6.08. The van der Waals surface area contributed by atoms with Crippen molar-refractivity contribution in [2.75, 3.05) is 17.2 Å². The minimum Gasteiger partial charge on any atom is -0.452 e. The molecule has 0 atom stereocenters. The highest BCUT2D eigenvalue weighted by Gasteiger charge is 2.14. The molecule has 6 nitrogen and oxygen atoms in total. The summed E-state index contributed by atoms with van der Waals surface area (Å²) in [6, 6.07) is 11.7. The molecular weight excluding hydrogens is 363 g/mol. The Hall–Kier alpha value is -3.74. The zero-order valence-electron chi connectivity index (χ0n) is 15.1. The number of rotatable bonds is 7. The van der Waals surface area contributed by atoms with Gasteiger partial charge in [-0.05, 0) is 43.3 Å². The quantitative estimate of drug-likeness (QED) is 0.435. The average Bonchev–Trinajstić information content (AvgIpc) is 2.69. The lowest BCUT2D eigenvalue weighted by Crippen LogP contribution is -2.22. The van der Waals surface area contributed by atoms with Crippen LogP contribution in [0, 0.1) is 5.82 Å². The van der Waals surface area contributed by atoms with Crippen LogP contribution in [0.1, 0.15) is 17.3 Å². The molecule has 2 N–H and O–H groups in total. The highest BCUT2D eigenvalue weighted by molar-refractivity contribution is 6.10. The van der Waals surface area contributed by atoms with E-state index in [1.807, 2.05) is 0 Å². The van der Waals surface area contributed by atoms with Gasteiger partial charge in [0.2, 0.25) is 0 Å². The van der Waals surface area contributed by atoms with Crippen molar-refractivity contribution in [3.05, 3.63) is 84.2 Å². The molecule has 0 saturated heterocycles. The Bertz CT molecular complexity index is 905. The number of halogens is 1. The molecule has 0 aliphatic rings. The van der Waals surface area contributed by atoms with Crippen LogP contribution in [-0.2, 0) is 14.3 Å². The molecule has 0 unspecified atom stereocenters. The SMILES string of the molecule is C/C=C/C=C/C(=O)OCC(=O)Nc1ccccc1C(=O)Nc1ccc(F)cc1. The van der Waals surface area contributed by atoms with E-state index in [2.05, 4.69) is 10.6 Å². The monoisotopic (exact) mass is 382 g/mol. The summed E-state index contributed by atoms with van der Waals surface area (Å²) in [5, 5.41) is 5.15. The van der Waals surface area contributed by atoms with Gasteiger partial charge in [0.1, 0.15) is 5.82 Å². The van der Waals surface area contributed by atoms with Gasteiger partial charge in [-0.1, -0.05) is 30.4 Å². The lowest BCUT2D eigenvalue weighted by atomic mass is 10.1. The topological polar surface area (TPSA) is 84.5 Å². The lowest BCUT2D eigenvalue weighted by molar-refractivity contribution is -0.142. The smallest absolute Gasteiger partial charge is 0.331 e. The first-order valence-corrected chi connectivity index (χ1v) is 8.41. The van der Waals surface area contributed by atoms with E-state index in [1.165, 1.54) is 42.5 Å². The third-order valence-electron chi connectivity index (χ3n) is 3.43. The van der Waals surface area contributed by atoms with Crippen LogP contribution < -0.4 is 10.6 Å². The van der Waals surface area contributed by atoms with E-state index in [0.29, 0.717) is 5.69 Å². The normalized spacial score (nSPS) is 10.8. The number of amides is 2. The van der Waals surface area contributed by atoms with E-state index in [1.54, 1.807) is 37.3 Å². The fourth-order valence-electron chi connectivity index (χ4n) is 2.14. The number of hydrogen-bond donors (Lipinski definition) is 2. The predicted molar refractivity (Wildman–Crippen MR) is 104 cm³/mol. The summed E-state index contributed by atoms with van der Waals surface area (Å²) < 4.78 is 17.8. The summed E-state index contributed by atoms with van der Waals surface area (Å²) >= 11 is 0. The van der Waals surface area contributed by atoms with Gasteiger partial charge in [-0.25, -0.2) is 9.18 Å². The maximum Gasteiger partial charge on any atom is 0.331 e. The van der Waals surface area contributed by atoms with Crippen LogP contribution in [-0.4, -0.2) is 24.4 Å². The Morgan fingerprint density at radius 2 is 1.71 bits per heavy atom. The van der Waals surface area contributed by atoms with Crippen molar-refractivity contribution in [1.82, 2.24) is 0 Å². The van der Waals surface area contributed by atoms with E-state index in [9.17, 15) is 18.8 Å². The second-order valence-electron chi connectivity index (χ2n) is 5.55. The molecule has 0 heterocycles. The molecule has 2 amide bonds. The van der Waals surface area contributed by atoms with Gasteiger partial charge in [0, 0.05) is 11.8 Å². The molecule has 0 fully saturated rings. The molecular formula is C21H19FN2O4. The summed E-state index contributed by atoms with van der Waals surface area (Å²) in [7, 11) is 0. The highest BCUT2D eigenvalue weighted by Crippen LogP contribution is 2.17. The van der Waals surface area contributed by atoms with Crippen LogP contribution in [0.3, 0.4) is 0 Å². The van der Waals surface area contributed by atoms with E-state index >= 15 is 0 Å². The maximum atomic E-state index is 13.0. The summed E-state index contributed by atoms with van der Waals surface area (Å²) in [4.78, 5) is 35.9. The number of esters is 1. The van der Waals surface area contributed by atoms with Crippen molar-refractivity contribution in [3.8, 4) is 0 Å². The molecule has 2 aromatic rings. The molecule has 0 aliphatic carbocycles. The van der Waals surface area contributed by atoms with Crippen molar-refractivity contribution in [3.63, 3.8) is 0 Å². The van der Waals surface area contributed by atoms with Gasteiger partial charge in [-0.3, -0.25) is 9.59 Å². The third-order valence-corrected chi connectivity index (χ3v) is 3.43. The summed E-state index contributed by atoms with van der Waals surface area (Å²) in [5.41, 5.74) is 0.876. The molecule has 0 radical (unpaired) electrons. The molecule has 0 saturated carbocycles. The Kier molecular flexibility index (Phi) is 7.65. The first kappa shape index (κ1) is 20.6. The van der Waals surface area contributed by atoms with Crippen LogP contribution in [0.2, 0.25) is 0 Å². The zero-order chi connectivity index (χ0) is 20.4. The summed E-state index contributed by atoms with van der Waals surface area (Å²) in [6.45, 7) is 1.31. The fraction of sp³-hybridized carbons (Fsp3) is 0.0952. The van der Waals surface area contributed by atoms with Crippen molar-refractivity contribution >= 4 is 29.2 Å². The van der Waals surface area contributed by atoms with Crippen molar-refractivity contribution in [1.29, 1.82) is 0 Å². The number of nitrogens with one attached hydrogen (secondary N) is 2. The van der Waals surface area contributed by atoms with Gasteiger partial charge in [0.05, 0.1) is 11.3 Å². The Morgan fingerprint density at radius 3 is 2.43 bits per heavy atom. The molecule has 2 aromatic carbocycles. The maximum absolute atomic E-state index is 13.0. The Balaban J connectivity index is 1.98. The Morgan fingerprint density at radius 1 is 1.00 bits per heavy atom. The average molecular weight is 382 g/mol. The standard InChI is InChI=1S/C21H19FN2O4/c1-2-3-4-9-20(26)28-14-19(25)24-18-8-6-5-7-17(18)21(27)23-16-12-10-15(22)11-13-16/h2-13H,14H2,1H3,(H,23,27)(H,24,25)/b3-2+,9-4+. The van der Waals surface area contributed by atoms with Crippen molar-refractivity contribution < 1.29 is 23.5 Å². The van der Waals surface area contributed by atoms with E-state index in [4.69, 9.17) is 4.74 Å². The predicted octanol–water partition coefficient (Wildman–Crippen LogP) is 3.69. The van der Waals surface area contributed by atoms with E-state index < -0.39 is 30.2 Å². The molecule has 0 aliphatic heterocycles. The molecule has 0 spiro atoms. The van der Waals surface area contributed by atoms with Crippen LogP contribution in [0.15, 0.2) is 72.8 Å². The van der Waals surface area contributed by atoms with Crippen molar-refractivity contribution in [2.45, 2.75) is 6.92 Å². The minimum atomic E-state index is -0.657. The van der Waals surface area contributed by atoms with Gasteiger partial charge in [0.25, 0.3) is 11.8 Å². The molecule has 0 aromatic heterocycles. The van der Waals surface area contributed by atoms with Crippen LogP contribution in [0.25, 0.3) is 0 Å². The van der Waals surface area contributed by atoms with Crippen LogP contribution >= 0.6 is 0 Å². The summed E-state index contributed by atoms with van der Waals surface area (Å²) in [5.74, 6) is -2.14. The molecule has 2 rings (SSSR count). The highest BCUT2D eigenvalue weighted by atomic mass is 19.1. The lowest BCUT2D eigenvalue weighted by Gasteiger charge is -2.11. The van der Waals surface area contributed by atoms with Gasteiger partial charge in [-0.2, -0.15) is 0 Å². The second-order valence-corrected chi connectivity index (χ2v) is 5.55. The first-order chi connectivity index (χ1) is 13.5. The Labute approximate surface area is 161 Å². The number of anilines is 2. The number of hydrogen-bond acceptors (Lipinski definition) is 4. The molecule has 28 heavy (non-hydrogen) atoms. The minimum absolute atomic E-state index is 0.208. The number of ether oxygens (including phenoxy) is 1. The number of carbonyl (C=O) groups excluding carboxylic acids is 3. The molecule has 7 heteroatoms.